The standard InChI is InChI=1S/C14H16N2O3/c1-4-19-14(18)12-10(3)15-16(13(12)17)11-8-6-5-7-9(11)2/h5-8,15H,4H2,1-3H3. The van der Waals surface area contributed by atoms with Crippen molar-refractivity contribution in [3.8, 4) is 5.69 Å². The Kier molecular flexibility index (Phi) is 3.55. The molecule has 0 fully saturated rings. The summed E-state index contributed by atoms with van der Waals surface area (Å²) in [5.74, 6) is -0.589. The average molecular weight is 260 g/mol. The van der Waals surface area contributed by atoms with Crippen LogP contribution in [-0.4, -0.2) is 22.4 Å². The minimum absolute atomic E-state index is 0.0603. The molecule has 1 aromatic heterocycles. The normalized spacial score (nSPS) is 10.5. The predicted octanol–water partition coefficient (Wildman–Crippen LogP) is 1.96. The highest BCUT2D eigenvalue weighted by Gasteiger charge is 2.20. The Balaban J connectivity index is 2.57. The minimum atomic E-state index is -0.589. The molecular weight excluding hydrogens is 244 g/mol. The molecular formula is C14H16N2O3. The first-order valence-electron chi connectivity index (χ1n) is 6.11. The Bertz CT molecular complexity index is 668. The second-order valence-electron chi connectivity index (χ2n) is 4.26. The molecule has 5 heteroatoms. The third-order valence-electron chi connectivity index (χ3n) is 2.91. The number of H-pyrrole nitrogens is 1. The van der Waals surface area contributed by atoms with Gasteiger partial charge in [0.2, 0.25) is 0 Å². The molecule has 1 aromatic carbocycles. The van der Waals surface area contributed by atoms with Crippen LogP contribution in [0, 0.1) is 13.8 Å². The number of aromatic amines is 1. The zero-order valence-corrected chi connectivity index (χ0v) is 11.2. The number of para-hydroxylation sites is 1. The molecule has 0 spiro atoms. The molecule has 5 nitrogen and oxygen atoms in total. The number of rotatable bonds is 3. The fourth-order valence-corrected chi connectivity index (χ4v) is 1.97. The second kappa shape index (κ2) is 5.14. The van der Waals surface area contributed by atoms with E-state index < -0.39 is 5.97 Å². The number of hydrogen-bond donors (Lipinski definition) is 1. The highest BCUT2D eigenvalue weighted by atomic mass is 16.5. The number of aryl methyl sites for hydroxylation is 2. The van der Waals surface area contributed by atoms with Crippen LogP contribution in [-0.2, 0) is 4.74 Å². The summed E-state index contributed by atoms with van der Waals surface area (Å²) in [6.45, 7) is 5.54. The van der Waals surface area contributed by atoms with E-state index in [9.17, 15) is 9.59 Å². The van der Waals surface area contributed by atoms with Gasteiger partial charge in [0.15, 0.2) is 0 Å². The van der Waals surface area contributed by atoms with E-state index in [1.54, 1.807) is 13.8 Å². The van der Waals surface area contributed by atoms with E-state index in [0.29, 0.717) is 5.69 Å². The minimum Gasteiger partial charge on any atom is -0.462 e. The zero-order chi connectivity index (χ0) is 14.0. The lowest BCUT2D eigenvalue weighted by molar-refractivity contribution is 0.0524. The lowest BCUT2D eigenvalue weighted by Gasteiger charge is -2.04. The molecule has 0 aliphatic rings. The van der Waals surface area contributed by atoms with E-state index in [1.807, 2.05) is 31.2 Å². The van der Waals surface area contributed by atoms with Crippen molar-refractivity contribution in [1.29, 1.82) is 0 Å². The number of hydrogen-bond acceptors (Lipinski definition) is 3. The first-order chi connectivity index (χ1) is 9.06. The van der Waals surface area contributed by atoms with Crippen molar-refractivity contribution in [3.05, 3.63) is 51.4 Å². The molecule has 0 unspecified atom stereocenters. The van der Waals surface area contributed by atoms with Gasteiger partial charge in [-0.15, -0.1) is 0 Å². The van der Waals surface area contributed by atoms with E-state index in [4.69, 9.17) is 4.74 Å². The summed E-state index contributed by atoms with van der Waals surface area (Å²) in [7, 11) is 0. The average Bonchev–Trinajstić information content (AvgIpc) is 2.66. The summed E-state index contributed by atoms with van der Waals surface area (Å²) in [4.78, 5) is 24.0. The van der Waals surface area contributed by atoms with Gasteiger partial charge < -0.3 is 4.74 Å². The third-order valence-corrected chi connectivity index (χ3v) is 2.91. The van der Waals surface area contributed by atoms with Crippen LogP contribution in [0.3, 0.4) is 0 Å². The number of carbonyl (C=O) groups excluding carboxylic acids is 1. The van der Waals surface area contributed by atoms with Crippen molar-refractivity contribution in [3.63, 3.8) is 0 Å². The van der Waals surface area contributed by atoms with Gasteiger partial charge in [-0.3, -0.25) is 9.89 Å². The van der Waals surface area contributed by atoms with Crippen molar-refractivity contribution in [2.45, 2.75) is 20.8 Å². The largest absolute Gasteiger partial charge is 0.462 e. The topological polar surface area (TPSA) is 64.1 Å². The van der Waals surface area contributed by atoms with Crippen LogP contribution in [0.4, 0.5) is 0 Å². The monoisotopic (exact) mass is 260 g/mol. The van der Waals surface area contributed by atoms with Gasteiger partial charge in [0.1, 0.15) is 5.56 Å². The van der Waals surface area contributed by atoms with Gasteiger partial charge in [-0.2, -0.15) is 0 Å². The molecule has 0 atom stereocenters. The van der Waals surface area contributed by atoms with Crippen molar-refractivity contribution in [2.75, 3.05) is 6.61 Å². The van der Waals surface area contributed by atoms with E-state index in [-0.39, 0.29) is 17.7 Å². The van der Waals surface area contributed by atoms with Gasteiger partial charge in [0.25, 0.3) is 5.56 Å². The summed E-state index contributed by atoms with van der Waals surface area (Å²) in [5.41, 5.74) is 1.86. The number of carbonyl (C=O) groups is 1. The maximum Gasteiger partial charge on any atom is 0.345 e. The van der Waals surface area contributed by atoms with Crippen LogP contribution in [0.1, 0.15) is 28.5 Å². The first kappa shape index (κ1) is 13.1. The first-order valence-corrected chi connectivity index (χ1v) is 6.11. The highest BCUT2D eigenvalue weighted by molar-refractivity contribution is 5.90. The molecule has 0 radical (unpaired) electrons. The number of aromatic nitrogens is 2. The number of esters is 1. The maximum absolute atomic E-state index is 12.3. The summed E-state index contributed by atoms with van der Waals surface area (Å²) in [6.07, 6.45) is 0. The quantitative estimate of drug-likeness (QED) is 0.858. The van der Waals surface area contributed by atoms with Crippen LogP contribution < -0.4 is 5.56 Å². The molecule has 0 aliphatic heterocycles. The Labute approximate surface area is 110 Å². The van der Waals surface area contributed by atoms with E-state index in [2.05, 4.69) is 5.10 Å². The molecule has 2 rings (SSSR count). The fraction of sp³-hybridized carbons (Fsp3) is 0.286. The molecule has 0 amide bonds. The van der Waals surface area contributed by atoms with Crippen LogP contribution in [0.25, 0.3) is 5.69 Å². The number of benzene rings is 1. The zero-order valence-electron chi connectivity index (χ0n) is 11.2. The molecule has 0 saturated carbocycles. The molecule has 19 heavy (non-hydrogen) atoms. The molecule has 2 aromatic rings. The third kappa shape index (κ3) is 2.31. The Morgan fingerprint density at radius 3 is 2.63 bits per heavy atom. The Hall–Kier alpha value is -2.30. The summed E-state index contributed by atoms with van der Waals surface area (Å²) < 4.78 is 6.27. The van der Waals surface area contributed by atoms with Crippen LogP contribution in [0.5, 0.6) is 0 Å². The summed E-state index contributed by atoms with van der Waals surface area (Å²) in [5, 5.41) is 2.91. The summed E-state index contributed by atoms with van der Waals surface area (Å²) >= 11 is 0. The van der Waals surface area contributed by atoms with E-state index in [1.165, 1.54) is 4.68 Å². The number of ether oxygens (including phenoxy) is 1. The van der Waals surface area contributed by atoms with Crippen LogP contribution in [0.15, 0.2) is 29.1 Å². The van der Waals surface area contributed by atoms with Gasteiger partial charge in [-0.25, -0.2) is 9.48 Å². The van der Waals surface area contributed by atoms with Gasteiger partial charge in [0, 0.05) is 5.69 Å². The highest BCUT2D eigenvalue weighted by Crippen LogP contribution is 2.12. The molecule has 100 valence electrons. The Morgan fingerprint density at radius 1 is 1.32 bits per heavy atom. The van der Waals surface area contributed by atoms with Gasteiger partial charge in [-0.05, 0) is 32.4 Å². The molecule has 0 saturated heterocycles. The number of nitrogens with zero attached hydrogens (tertiary/aromatic N) is 1. The predicted molar refractivity (Wildman–Crippen MR) is 71.8 cm³/mol. The van der Waals surface area contributed by atoms with Crippen molar-refractivity contribution in [1.82, 2.24) is 9.78 Å². The van der Waals surface area contributed by atoms with Crippen molar-refractivity contribution in [2.24, 2.45) is 0 Å². The smallest absolute Gasteiger partial charge is 0.345 e. The fourth-order valence-electron chi connectivity index (χ4n) is 1.97. The second-order valence-corrected chi connectivity index (χ2v) is 4.26. The van der Waals surface area contributed by atoms with Crippen LogP contribution in [0.2, 0.25) is 0 Å². The molecule has 0 bridgehead atoms. The summed E-state index contributed by atoms with van der Waals surface area (Å²) in [6, 6.07) is 7.46. The molecule has 1 N–H and O–H groups in total. The van der Waals surface area contributed by atoms with E-state index >= 15 is 0 Å². The SMILES string of the molecule is CCOC(=O)c1c(C)[nH]n(-c2ccccc2C)c1=O. The molecule has 1 heterocycles. The maximum atomic E-state index is 12.3. The Morgan fingerprint density at radius 2 is 2.00 bits per heavy atom. The lowest BCUT2D eigenvalue weighted by atomic mass is 10.2. The lowest BCUT2D eigenvalue weighted by Crippen LogP contribution is -2.22. The van der Waals surface area contributed by atoms with Gasteiger partial charge >= 0.3 is 5.97 Å². The van der Waals surface area contributed by atoms with Gasteiger partial charge in [0.05, 0.1) is 12.3 Å². The number of nitrogens with one attached hydrogen (secondary N) is 1. The van der Waals surface area contributed by atoms with Crippen molar-refractivity contribution < 1.29 is 9.53 Å². The van der Waals surface area contributed by atoms with Crippen molar-refractivity contribution >= 4 is 5.97 Å². The van der Waals surface area contributed by atoms with Gasteiger partial charge in [-0.1, -0.05) is 18.2 Å². The van der Waals surface area contributed by atoms with Crippen LogP contribution >= 0.6 is 0 Å². The molecule has 0 aliphatic carbocycles. The van der Waals surface area contributed by atoms with E-state index in [0.717, 1.165) is 11.3 Å².